The number of hydrogen-bond acceptors (Lipinski definition) is 10. The van der Waals surface area contributed by atoms with Crippen LogP contribution in [0.1, 0.15) is 96.8 Å². The Kier molecular flexibility index (Phi) is 28.4. The molecular formula is C23H49O10P3. The van der Waals surface area contributed by atoms with E-state index in [2.05, 4.69) is 54.5 Å². The minimum atomic E-state index is -2.62. The van der Waals surface area contributed by atoms with Gasteiger partial charge in [-0.1, -0.05) is 66.9 Å². The second-order valence-corrected chi connectivity index (χ2v) is 10.9. The van der Waals surface area contributed by atoms with E-state index in [1.165, 1.54) is 24.0 Å². The van der Waals surface area contributed by atoms with Crippen molar-refractivity contribution in [3.8, 4) is 5.75 Å². The number of benzene rings is 1. The molecule has 0 heterocycles. The lowest BCUT2D eigenvalue weighted by Crippen LogP contribution is -2.12. The average molecular weight is 579 g/mol. The van der Waals surface area contributed by atoms with Gasteiger partial charge in [-0.3, -0.25) is 0 Å². The Hall–Kier alpha value is -0.0500. The van der Waals surface area contributed by atoms with Crippen LogP contribution in [0.2, 0.25) is 0 Å². The molecule has 0 atom stereocenters. The van der Waals surface area contributed by atoms with Crippen molar-refractivity contribution in [2.24, 2.45) is 0 Å². The highest BCUT2D eigenvalue weighted by atomic mass is 31.2. The zero-order chi connectivity index (χ0) is 28.7. The maximum atomic E-state index is 9.98. The predicted molar refractivity (Wildman–Crippen MR) is 148 cm³/mol. The van der Waals surface area contributed by atoms with Crippen molar-refractivity contribution >= 4 is 25.8 Å². The van der Waals surface area contributed by atoms with E-state index in [0.29, 0.717) is 19.0 Å². The lowest BCUT2D eigenvalue weighted by atomic mass is 9.84. The number of rotatable bonds is 11. The third-order valence-electron chi connectivity index (χ3n) is 4.46. The van der Waals surface area contributed by atoms with Gasteiger partial charge >= 0.3 is 25.8 Å². The first-order valence-corrected chi connectivity index (χ1v) is 15.5. The summed E-state index contributed by atoms with van der Waals surface area (Å²) in [5.41, 5.74) is 3.66. The van der Waals surface area contributed by atoms with Gasteiger partial charge in [-0.2, -0.15) is 0 Å². The first-order chi connectivity index (χ1) is 16.6. The molecule has 1 aromatic rings. The minimum Gasteiger partial charge on any atom is -0.508 e. The topological polar surface area (TPSA) is 180 Å². The first-order valence-electron chi connectivity index (χ1n) is 11.9. The van der Waals surface area contributed by atoms with Gasteiger partial charge in [0.05, 0.1) is 13.2 Å². The molecule has 0 saturated heterocycles. The highest BCUT2D eigenvalue weighted by Crippen LogP contribution is 2.34. The Morgan fingerprint density at radius 2 is 1.11 bits per heavy atom. The van der Waals surface area contributed by atoms with E-state index in [-0.39, 0.29) is 5.41 Å². The van der Waals surface area contributed by atoms with Gasteiger partial charge < -0.3 is 48.4 Å². The molecule has 8 N–H and O–H groups in total. The molecule has 10 nitrogen and oxygen atoms in total. The van der Waals surface area contributed by atoms with Crippen molar-refractivity contribution in [3.63, 3.8) is 0 Å². The number of aryl methyl sites for hydroxylation is 2. The van der Waals surface area contributed by atoms with Crippen LogP contribution in [0.25, 0.3) is 0 Å². The molecule has 216 valence electrons. The van der Waals surface area contributed by atoms with Gasteiger partial charge in [0.1, 0.15) is 5.75 Å². The van der Waals surface area contributed by atoms with E-state index < -0.39 is 25.8 Å². The van der Waals surface area contributed by atoms with Gasteiger partial charge in [0.15, 0.2) is 0 Å². The Bertz CT molecular complexity index is 607. The number of hydrogen-bond donors (Lipinski definition) is 8. The van der Waals surface area contributed by atoms with E-state index in [1.807, 2.05) is 6.07 Å². The van der Waals surface area contributed by atoms with E-state index in [1.54, 1.807) is 0 Å². The fraction of sp³-hybridized carbons (Fsp3) is 0.739. The summed E-state index contributed by atoms with van der Waals surface area (Å²) in [5, 5.41) is 9.98. The predicted octanol–water partition coefficient (Wildman–Crippen LogP) is 5.56. The van der Waals surface area contributed by atoms with E-state index in [9.17, 15) is 5.11 Å². The van der Waals surface area contributed by atoms with E-state index in [4.69, 9.17) is 43.3 Å². The molecule has 0 fully saturated rings. The molecular weight excluding hydrogens is 529 g/mol. The largest absolute Gasteiger partial charge is 0.508 e. The van der Waals surface area contributed by atoms with E-state index >= 15 is 0 Å². The van der Waals surface area contributed by atoms with Gasteiger partial charge in [0, 0.05) is 0 Å². The second-order valence-electron chi connectivity index (χ2n) is 8.80. The summed E-state index contributed by atoms with van der Waals surface area (Å²) in [5.74, 6) is 0.435. The Morgan fingerprint density at radius 1 is 0.722 bits per heavy atom. The van der Waals surface area contributed by atoms with Crippen molar-refractivity contribution in [1.29, 1.82) is 0 Å². The lowest BCUT2D eigenvalue weighted by molar-refractivity contribution is 0.196. The number of aromatic hydroxyl groups is 1. The molecule has 36 heavy (non-hydrogen) atoms. The Morgan fingerprint density at radius 3 is 1.44 bits per heavy atom. The van der Waals surface area contributed by atoms with Crippen molar-refractivity contribution in [2.45, 2.75) is 98.8 Å². The maximum absolute atomic E-state index is 9.98. The molecule has 0 saturated carbocycles. The normalized spacial score (nSPS) is 10.9. The van der Waals surface area contributed by atoms with Crippen molar-refractivity contribution in [3.05, 3.63) is 28.8 Å². The molecule has 13 heteroatoms. The van der Waals surface area contributed by atoms with Gasteiger partial charge in [-0.15, -0.1) is 0 Å². The molecule has 0 aromatic heterocycles. The third kappa shape index (κ3) is 28.5. The summed E-state index contributed by atoms with van der Waals surface area (Å²) in [6, 6.07) is 4.09. The van der Waals surface area contributed by atoms with Crippen LogP contribution in [-0.2, 0) is 20.9 Å². The molecule has 0 aliphatic heterocycles. The van der Waals surface area contributed by atoms with Crippen LogP contribution >= 0.6 is 25.8 Å². The summed E-state index contributed by atoms with van der Waals surface area (Å²) in [6.07, 6.45) is 7.68. The molecule has 0 amide bonds. The summed E-state index contributed by atoms with van der Waals surface area (Å²) in [4.78, 5) is 52.5. The van der Waals surface area contributed by atoms with Crippen LogP contribution in [-0.4, -0.2) is 52.6 Å². The molecule has 0 radical (unpaired) electrons. The van der Waals surface area contributed by atoms with Crippen molar-refractivity contribution in [2.75, 3.05) is 13.2 Å². The molecule has 0 aliphatic carbocycles. The molecule has 1 aromatic carbocycles. The van der Waals surface area contributed by atoms with Crippen LogP contribution in [0.3, 0.4) is 0 Å². The highest BCUT2D eigenvalue weighted by molar-refractivity contribution is 7.40. The fourth-order valence-corrected chi connectivity index (χ4v) is 3.23. The average Bonchev–Trinajstić information content (AvgIpc) is 2.72. The van der Waals surface area contributed by atoms with Crippen molar-refractivity contribution in [1.82, 2.24) is 0 Å². The summed E-state index contributed by atoms with van der Waals surface area (Å²) in [6.45, 7) is 16.1. The third-order valence-corrected chi connectivity index (χ3v) is 5.27. The fourth-order valence-electron chi connectivity index (χ4n) is 2.59. The highest BCUT2D eigenvalue weighted by Gasteiger charge is 2.19. The summed E-state index contributed by atoms with van der Waals surface area (Å²) in [7, 11) is -6.84. The SMILES string of the molecule is CCCCOP(O)OCCCC.CCCCc1cc(C(C)(C)C)c(O)cc1C.OP(O)O.OP(O)O. The summed E-state index contributed by atoms with van der Waals surface area (Å²) >= 11 is 0. The van der Waals surface area contributed by atoms with E-state index in [0.717, 1.165) is 37.7 Å². The van der Waals surface area contributed by atoms with Crippen LogP contribution < -0.4 is 0 Å². The van der Waals surface area contributed by atoms with Gasteiger partial charge in [0.25, 0.3) is 0 Å². The molecule has 1 rings (SSSR count). The lowest BCUT2D eigenvalue weighted by Gasteiger charge is -2.22. The number of phenols is 1. The zero-order valence-corrected chi connectivity index (χ0v) is 25.4. The Labute approximate surface area is 221 Å². The van der Waals surface area contributed by atoms with Crippen LogP contribution in [0.4, 0.5) is 0 Å². The minimum absolute atomic E-state index is 0.0126. The van der Waals surface area contributed by atoms with Gasteiger partial charge in [-0.05, 0) is 60.8 Å². The quantitative estimate of drug-likeness (QED) is 0.122. The molecule has 0 aliphatic rings. The maximum Gasteiger partial charge on any atom is 0.329 e. The molecule has 0 spiro atoms. The monoisotopic (exact) mass is 578 g/mol. The van der Waals surface area contributed by atoms with Gasteiger partial charge in [0.2, 0.25) is 0 Å². The smallest absolute Gasteiger partial charge is 0.329 e. The van der Waals surface area contributed by atoms with Crippen molar-refractivity contribution < 1.29 is 48.4 Å². The van der Waals surface area contributed by atoms with Crippen LogP contribution in [0, 0.1) is 6.92 Å². The van der Waals surface area contributed by atoms with Crippen LogP contribution in [0.15, 0.2) is 12.1 Å². The standard InChI is InChI=1S/C15H24O.C8H19O3P.2H3O3P/c1-6-7-8-12-10-13(15(3,4)5)14(16)9-11(12)2;1-3-5-7-10-12(9)11-8-6-4-2;2*1-4(2)3/h9-10,16H,6-8H2,1-5H3;9H,3-8H2,1-2H3;2*1-3H. The first kappa shape index (κ1) is 40.4. The van der Waals surface area contributed by atoms with Gasteiger partial charge in [-0.25, -0.2) is 0 Å². The molecule has 0 unspecified atom stereocenters. The molecule has 0 bridgehead atoms. The number of unbranched alkanes of at least 4 members (excludes halogenated alkanes) is 3. The zero-order valence-electron chi connectivity index (χ0n) is 22.8. The summed E-state index contributed by atoms with van der Waals surface area (Å²) < 4.78 is 10.1. The number of phenolic OH excluding ortho intramolecular Hbond substituents is 1. The van der Waals surface area contributed by atoms with Crippen LogP contribution in [0.5, 0.6) is 5.75 Å². The Balaban J connectivity index is -0.000000477. The second kappa shape index (κ2) is 25.2.